The van der Waals surface area contributed by atoms with Crippen LogP contribution in [0, 0.1) is 0 Å². The highest BCUT2D eigenvalue weighted by molar-refractivity contribution is 6.11. The SMILES string of the molecule is CCNC(C(=O)NC1CCN(C)C1)C1=C(C)C(=Cc2cc(OC)c(O)c(OC)c2)c2ccc(OC)cc21. The quantitative estimate of drug-likeness (QED) is 0.478. The van der Waals surface area contributed by atoms with Crippen LogP contribution in [0.3, 0.4) is 0 Å². The molecule has 2 atom stereocenters. The number of hydrogen-bond acceptors (Lipinski definition) is 7. The van der Waals surface area contributed by atoms with E-state index in [0.717, 1.165) is 58.7 Å². The van der Waals surface area contributed by atoms with E-state index in [2.05, 4.69) is 22.6 Å². The highest BCUT2D eigenvalue weighted by Crippen LogP contribution is 2.46. The van der Waals surface area contributed by atoms with Crippen molar-refractivity contribution >= 4 is 23.1 Å². The number of carbonyl (C=O) groups excluding carboxylic acids is 1. The lowest BCUT2D eigenvalue weighted by Gasteiger charge is -2.23. The Bertz CT molecular complexity index is 1210. The molecule has 0 saturated carbocycles. The van der Waals surface area contributed by atoms with Crippen LogP contribution in [-0.2, 0) is 4.79 Å². The van der Waals surface area contributed by atoms with Crippen LogP contribution in [0.5, 0.6) is 23.0 Å². The number of allylic oxidation sites excluding steroid dienone is 2. The van der Waals surface area contributed by atoms with Crippen LogP contribution in [0.4, 0.5) is 0 Å². The lowest BCUT2D eigenvalue weighted by Crippen LogP contribution is -2.49. The molecule has 1 heterocycles. The highest BCUT2D eigenvalue weighted by Gasteiger charge is 2.34. The van der Waals surface area contributed by atoms with Crippen molar-refractivity contribution in [3.05, 3.63) is 52.6 Å². The van der Waals surface area contributed by atoms with Gasteiger partial charge in [0.25, 0.3) is 0 Å². The molecule has 1 saturated heterocycles. The van der Waals surface area contributed by atoms with Crippen molar-refractivity contribution in [1.29, 1.82) is 0 Å². The Morgan fingerprint density at radius 2 is 1.84 bits per heavy atom. The Labute approximate surface area is 218 Å². The number of hydrogen-bond donors (Lipinski definition) is 3. The van der Waals surface area contributed by atoms with Crippen molar-refractivity contribution in [2.75, 3.05) is 48.0 Å². The summed E-state index contributed by atoms with van der Waals surface area (Å²) in [5, 5.41) is 17.0. The van der Waals surface area contributed by atoms with Crippen LogP contribution in [0.2, 0.25) is 0 Å². The van der Waals surface area contributed by atoms with Gasteiger partial charge in [-0.05, 0) is 97.2 Å². The number of nitrogens with one attached hydrogen (secondary N) is 2. The van der Waals surface area contributed by atoms with Crippen LogP contribution in [0.1, 0.15) is 37.0 Å². The van der Waals surface area contributed by atoms with E-state index in [1.165, 1.54) is 14.2 Å². The molecule has 0 aromatic heterocycles. The second kappa shape index (κ2) is 11.3. The molecular formula is C29H37N3O5. The van der Waals surface area contributed by atoms with Gasteiger partial charge < -0.3 is 34.9 Å². The van der Waals surface area contributed by atoms with Gasteiger partial charge >= 0.3 is 0 Å². The molecule has 8 heteroatoms. The molecule has 198 valence electrons. The molecule has 1 aliphatic heterocycles. The van der Waals surface area contributed by atoms with E-state index in [4.69, 9.17) is 14.2 Å². The smallest absolute Gasteiger partial charge is 0.242 e. The largest absolute Gasteiger partial charge is 0.502 e. The van der Waals surface area contributed by atoms with Crippen molar-refractivity contribution in [3.63, 3.8) is 0 Å². The molecule has 1 fully saturated rings. The summed E-state index contributed by atoms with van der Waals surface area (Å²) in [4.78, 5) is 15.9. The van der Waals surface area contributed by atoms with E-state index < -0.39 is 6.04 Å². The highest BCUT2D eigenvalue weighted by atomic mass is 16.5. The predicted molar refractivity (Wildman–Crippen MR) is 146 cm³/mol. The number of aromatic hydroxyl groups is 1. The van der Waals surface area contributed by atoms with Crippen molar-refractivity contribution in [1.82, 2.24) is 15.5 Å². The molecule has 0 spiro atoms. The summed E-state index contributed by atoms with van der Waals surface area (Å²) in [6.07, 6.45) is 2.98. The van der Waals surface area contributed by atoms with Gasteiger partial charge in [0.05, 0.1) is 21.3 Å². The number of amides is 1. The number of rotatable bonds is 9. The fourth-order valence-corrected chi connectivity index (χ4v) is 5.25. The van der Waals surface area contributed by atoms with Gasteiger partial charge in [0.1, 0.15) is 11.8 Å². The molecule has 2 unspecified atom stereocenters. The van der Waals surface area contributed by atoms with Crippen LogP contribution in [0.15, 0.2) is 35.9 Å². The van der Waals surface area contributed by atoms with Crippen LogP contribution in [-0.4, -0.2) is 76.0 Å². The van der Waals surface area contributed by atoms with Gasteiger partial charge in [-0.25, -0.2) is 0 Å². The maximum atomic E-state index is 13.6. The average Bonchev–Trinajstić information content (AvgIpc) is 3.42. The van der Waals surface area contributed by atoms with Gasteiger partial charge in [0.2, 0.25) is 11.7 Å². The molecule has 0 bridgehead atoms. The normalized spacial score (nSPS) is 19.2. The average molecular weight is 508 g/mol. The maximum absolute atomic E-state index is 13.6. The van der Waals surface area contributed by atoms with Gasteiger partial charge in [0.15, 0.2) is 11.5 Å². The summed E-state index contributed by atoms with van der Waals surface area (Å²) in [6, 6.07) is 9.10. The maximum Gasteiger partial charge on any atom is 0.242 e. The van der Waals surface area contributed by atoms with E-state index in [0.29, 0.717) is 18.0 Å². The van der Waals surface area contributed by atoms with Crippen LogP contribution >= 0.6 is 0 Å². The molecule has 37 heavy (non-hydrogen) atoms. The minimum atomic E-state index is -0.517. The first-order valence-electron chi connectivity index (χ1n) is 12.6. The summed E-state index contributed by atoms with van der Waals surface area (Å²) in [5.74, 6) is 1.31. The third-order valence-electron chi connectivity index (χ3n) is 7.13. The van der Waals surface area contributed by atoms with Crippen molar-refractivity contribution < 1.29 is 24.1 Å². The lowest BCUT2D eigenvalue weighted by molar-refractivity contribution is -0.122. The van der Waals surface area contributed by atoms with E-state index in [-0.39, 0.29) is 17.7 Å². The third kappa shape index (κ3) is 5.31. The molecule has 2 aromatic carbocycles. The summed E-state index contributed by atoms with van der Waals surface area (Å²) in [6.45, 7) is 6.52. The molecule has 8 nitrogen and oxygen atoms in total. The standard InChI is InChI=1S/C29H37N3O5/c1-7-30-27(29(34)31-19-10-11-32(3)16-19)26-17(2)22(21-9-8-20(35-4)15-23(21)26)12-18-13-24(36-5)28(33)25(14-18)37-6/h8-9,12-15,19,27,30,33H,7,10-11,16H2,1-6H3,(H,31,34). The molecule has 0 radical (unpaired) electrons. The molecule has 2 aromatic rings. The summed E-state index contributed by atoms with van der Waals surface area (Å²) >= 11 is 0. The Morgan fingerprint density at radius 1 is 1.14 bits per heavy atom. The number of ether oxygens (including phenoxy) is 3. The predicted octanol–water partition coefficient (Wildman–Crippen LogP) is 3.54. The van der Waals surface area contributed by atoms with E-state index in [1.54, 1.807) is 19.2 Å². The molecular weight excluding hydrogens is 470 g/mol. The van der Waals surface area contributed by atoms with Crippen molar-refractivity contribution in [2.24, 2.45) is 0 Å². The molecule has 2 aliphatic rings. The second-order valence-electron chi connectivity index (χ2n) is 9.53. The fraction of sp³-hybridized carbons (Fsp3) is 0.414. The second-order valence-corrected chi connectivity index (χ2v) is 9.53. The first-order valence-corrected chi connectivity index (χ1v) is 12.6. The number of nitrogens with zero attached hydrogens (tertiary/aromatic N) is 1. The van der Waals surface area contributed by atoms with Crippen LogP contribution in [0.25, 0.3) is 17.2 Å². The summed E-state index contributed by atoms with van der Waals surface area (Å²) in [5.41, 5.74) is 5.70. The molecule has 1 aliphatic carbocycles. The molecule has 3 N–H and O–H groups in total. The monoisotopic (exact) mass is 507 g/mol. The van der Waals surface area contributed by atoms with E-state index in [1.807, 2.05) is 38.1 Å². The fourth-order valence-electron chi connectivity index (χ4n) is 5.25. The summed E-state index contributed by atoms with van der Waals surface area (Å²) < 4.78 is 16.3. The zero-order valence-corrected chi connectivity index (χ0v) is 22.5. The van der Waals surface area contributed by atoms with Crippen molar-refractivity contribution in [3.8, 4) is 23.0 Å². The summed E-state index contributed by atoms with van der Waals surface area (Å²) in [7, 11) is 6.73. The van der Waals surface area contributed by atoms with E-state index in [9.17, 15) is 9.90 Å². The Morgan fingerprint density at radius 3 is 2.41 bits per heavy atom. The van der Waals surface area contributed by atoms with E-state index >= 15 is 0 Å². The number of carbonyl (C=O) groups is 1. The Hall–Kier alpha value is -3.49. The third-order valence-corrected chi connectivity index (χ3v) is 7.13. The first-order chi connectivity index (χ1) is 17.8. The van der Waals surface area contributed by atoms with Gasteiger partial charge in [-0.3, -0.25) is 4.79 Å². The number of likely N-dealkylation sites (tertiary alicyclic amines) is 1. The molecule has 4 rings (SSSR count). The van der Waals surface area contributed by atoms with Gasteiger partial charge in [-0.1, -0.05) is 13.0 Å². The number of phenolic OH excluding ortho intramolecular Hbond substituents is 1. The number of fused-ring (bicyclic) bond motifs is 1. The number of likely N-dealkylation sites (N-methyl/N-ethyl adjacent to an activating group) is 2. The minimum absolute atomic E-state index is 0.0282. The topological polar surface area (TPSA) is 92.3 Å². The number of benzene rings is 2. The Kier molecular flexibility index (Phi) is 8.10. The van der Waals surface area contributed by atoms with Crippen LogP contribution < -0.4 is 24.8 Å². The van der Waals surface area contributed by atoms with Crippen molar-refractivity contribution in [2.45, 2.75) is 32.4 Å². The van der Waals surface area contributed by atoms with Gasteiger partial charge in [-0.2, -0.15) is 0 Å². The van der Waals surface area contributed by atoms with Gasteiger partial charge in [0, 0.05) is 12.6 Å². The lowest BCUT2D eigenvalue weighted by atomic mass is 9.96. The Balaban J connectivity index is 1.82. The molecule has 1 amide bonds. The number of methoxy groups -OCH3 is 3. The zero-order valence-electron chi connectivity index (χ0n) is 22.5. The minimum Gasteiger partial charge on any atom is -0.502 e. The zero-order chi connectivity index (χ0) is 26.7. The van der Waals surface area contributed by atoms with Gasteiger partial charge in [-0.15, -0.1) is 0 Å². The first kappa shape index (κ1) is 26.6. The number of phenols is 1.